The van der Waals surface area contributed by atoms with Crippen LogP contribution < -0.4 is 11.1 Å². The molecule has 218 valence electrons. The zero-order valence-corrected chi connectivity index (χ0v) is 24.1. The number of carbonyl (C=O) groups is 2. The SMILES string of the molecule is N#Cc1ccc(CN(CCc2ccccc2)C2CCN(C(=O)c3cccnc3)[C@@H](C(=O)NC3CCC(N)CC3)C2)cc1. The Hall–Kier alpha value is -4.06. The number of nitrogens with two attached hydrogens (primary N) is 1. The molecule has 2 aliphatic rings. The number of aromatic nitrogens is 1. The summed E-state index contributed by atoms with van der Waals surface area (Å²) in [5.74, 6) is -0.242. The van der Waals surface area contributed by atoms with Gasteiger partial charge in [-0.1, -0.05) is 42.5 Å². The van der Waals surface area contributed by atoms with E-state index in [0.29, 0.717) is 30.6 Å². The summed E-state index contributed by atoms with van der Waals surface area (Å²) in [7, 11) is 0. The van der Waals surface area contributed by atoms with Crippen molar-refractivity contribution in [3.05, 3.63) is 101 Å². The molecule has 2 atom stereocenters. The molecule has 2 heterocycles. The third-order valence-electron chi connectivity index (χ3n) is 8.68. The zero-order chi connectivity index (χ0) is 29.3. The second-order valence-electron chi connectivity index (χ2n) is 11.6. The van der Waals surface area contributed by atoms with E-state index in [9.17, 15) is 14.9 Å². The van der Waals surface area contributed by atoms with Crippen LogP contribution in [0.4, 0.5) is 0 Å². The fourth-order valence-electron chi connectivity index (χ4n) is 6.21. The van der Waals surface area contributed by atoms with Crippen LogP contribution in [-0.4, -0.2) is 63.9 Å². The van der Waals surface area contributed by atoms with Crippen LogP contribution in [0.5, 0.6) is 0 Å². The van der Waals surface area contributed by atoms with Crippen LogP contribution in [0.15, 0.2) is 79.1 Å². The van der Waals surface area contributed by atoms with Gasteiger partial charge in [-0.05, 0) is 80.3 Å². The number of hydrogen-bond donors (Lipinski definition) is 2. The number of amides is 2. The van der Waals surface area contributed by atoms with Crippen molar-refractivity contribution < 1.29 is 9.59 Å². The van der Waals surface area contributed by atoms with Crippen LogP contribution in [0.25, 0.3) is 0 Å². The molecule has 1 aliphatic heterocycles. The summed E-state index contributed by atoms with van der Waals surface area (Å²) in [6, 6.07) is 23.7. The molecule has 2 aromatic carbocycles. The lowest BCUT2D eigenvalue weighted by atomic mass is 9.90. The van der Waals surface area contributed by atoms with Gasteiger partial charge >= 0.3 is 0 Å². The van der Waals surface area contributed by atoms with Crippen LogP contribution in [0.1, 0.15) is 65.6 Å². The summed E-state index contributed by atoms with van der Waals surface area (Å²) in [6.45, 7) is 2.01. The van der Waals surface area contributed by atoms with Crippen LogP contribution in [0.2, 0.25) is 0 Å². The lowest BCUT2D eigenvalue weighted by molar-refractivity contribution is -0.128. The molecule has 0 bridgehead atoms. The lowest BCUT2D eigenvalue weighted by Gasteiger charge is -2.43. The van der Waals surface area contributed by atoms with Gasteiger partial charge in [0.05, 0.1) is 17.2 Å². The number of rotatable bonds is 9. The molecule has 42 heavy (non-hydrogen) atoms. The monoisotopic (exact) mass is 564 g/mol. The first-order chi connectivity index (χ1) is 20.5. The van der Waals surface area contributed by atoms with Crippen molar-refractivity contribution in [1.82, 2.24) is 20.1 Å². The molecule has 1 unspecified atom stereocenters. The molecule has 1 aromatic heterocycles. The highest BCUT2D eigenvalue weighted by molar-refractivity contribution is 5.97. The Bertz CT molecular complexity index is 1350. The Labute approximate surface area is 248 Å². The van der Waals surface area contributed by atoms with Crippen LogP contribution >= 0.6 is 0 Å². The molecule has 5 rings (SSSR count). The number of piperidine rings is 1. The smallest absolute Gasteiger partial charge is 0.256 e. The molecule has 1 saturated heterocycles. The number of carbonyl (C=O) groups excluding carboxylic acids is 2. The largest absolute Gasteiger partial charge is 0.352 e. The highest BCUT2D eigenvalue weighted by Gasteiger charge is 2.39. The summed E-state index contributed by atoms with van der Waals surface area (Å²) < 4.78 is 0. The number of nitriles is 1. The molecule has 3 aromatic rings. The van der Waals surface area contributed by atoms with Gasteiger partial charge in [0.2, 0.25) is 5.91 Å². The molecule has 1 aliphatic carbocycles. The summed E-state index contributed by atoms with van der Waals surface area (Å²) >= 11 is 0. The average molecular weight is 565 g/mol. The number of nitrogens with zero attached hydrogens (tertiary/aromatic N) is 4. The second-order valence-corrected chi connectivity index (χ2v) is 11.6. The molecule has 0 radical (unpaired) electrons. The van der Waals surface area contributed by atoms with Gasteiger partial charge in [-0.15, -0.1) is 0 Å². The van der Waals surface area contributed by atoms with Crippen LogP contribution in [0, 0.1) is 11.3 Å². The van der Waals surface area contributed by atoms with E-state index < -0.39 is 6.04 Å². The van der Waals surface area contributed by atoms with Crippen molar-refractivity contribution >= 4 is 11.8 Å². The van der Waals surface area contributed by atoms with Crippen LogP contribution in [-0.2, 0) is 17.8 Å². The molecular weight excluding hydrogens is 524 g/mol. The quantitative estimate of drug-likeness (QED) is 0.405. The first-order valence-corrected chi connectivity index (χ1v) is 15.0. The number of pyridine rings is 1. The number of nitrogens with one attached hydrogen (secondary N) is 1. The van der Waals surface area contributed by atoms with E-state index in [4.69, 9.17) is 5.73 Å². The Kier molecular flexibility index (Phi) is 9.96. The summed E-state index contributed by atoms with van der Waals surface area (Å²) in [6.07, 6.45) is 8.93. The van der Waals surface area contributed by atoms with Gasteiger partial charge in [-0.3, -0.25) is 19.5 Å². The van der Waals surface area contributed by atoms with E-state index in [1.54, 1.807) is 29.4 Å². The van der Waals surface area contributed by atoms with E-state index in [-0.39, 0.29) is 29.9 Å². The highest BCUT2D eigenvalue weighted by Crippen LogP contribution is 2.27. The number of benzene rings is 2. The maximum Gasteiger partial charge on any atom is 0.256 e. The topological polar surface area (TPSA) is 115 Å². The summed E-state index contributed by atoms with van der Waals surface area (Å²) in [5, 5.41) is 12.5. The molecule has 8 nitrogen and oxygen atoms in total. The standard InChI is InChI=1S/C34H40N6O2/c35-22-26-8-10-27(11-9-26)24-39(19-16-25-5-2-1-3-6-25)31-17-20-40(34(42)28-7-4-18-37-23-28)32(21-31)33(41)38-30-14-12-29(36)13-15-30/h1-11,18,23,29-32H,12-17,19-21,24,36H2,(H,38,41)/t29?,30?,31?,32-/m1/s1. The molecule has 1 saturated carbocycles. The van der Waals surface area contributed by atoms with Gasteiger partial charge in [0.15, 0.2) is 0 Å². The van der Waals surface area contributed by atoms with Gasteiger partial charge in [-0.25, -0.2) is 0 Å². The van der Waals surface area contributed by atoms with Gasteiger partial charge in [0, 0.05) is 50.2 Å². The molecule has 0 spiro atoms. The van der Waals surface area contributed by atoms with Crippen molar-refractivity contribution in [2.75, 3.05) is 13.1 Å². The maximum absolute atomic E-state index is 13.9. The fourth-order valence-corrected chi connectivity index (χ4v) is 6.21. The Morgan fingerprint density at radius 2 is 1.74 bits per heavy atom. The van der Waals surface area contributed by atoms with E-state index in [0.717, 1.165) is 50.6 Å². The molecular formula is C34H40N6O2. The van der Waals surface area contributed by atoms with E-state index >= 15 is 0 Å². The minimum Gasteiger partial charge on any atom is -0.352 e. The second kappa shape index (κ2) is 14.2. The van der Waals surface area contributed by atoms with Crippen molar-refractivity contribution in [3.63, 3.8) is 0 Å². The summed E-state index contributed by atoms with van der Waals surface area (Å²) in [4.78, 5) is 35.8. The van der Waals surface area contributed by atoms with Gasteiger partial charge < -0.3 is 16.0 Å². The Morgan fingerprint density at radius 3 is 2.43 bits per heavy atom. The van der Waals surface area contributed by atoms with Crippen molar-refractivity contribution in [2.24, 2.45) is 5.73 Å². The first-order valence-electron chi connectivity index (χ1n) is 15.0. The Balaban J connectivity index is 1.37. The van der Waals surface area contributed by atoms with E-state index in [2.05, 4.69) is 45.5 Å². The minimum atomic E-state index is -0.577. The van der Waals surface area contributed by atoms with Crippen molar-refractivity contribution in [1.29, 1.82) is 5.26 Å². The summed E-state index contributed by atoms with van der Waals surface area (Å²) in [5.41, 5.74) is 9.62. The fraction of sp³-hybridized carbons (Fsp3) is 0.412. The molecule has 2 fully saturated rings. The molecule has 2 amide bonds. The maximum atomic E-state index is 13.9. The predicted molar refractivity (Wildman–Crippen MR) is 162 cm³/mol. The van der Waals surface area contributed by atoms with E-state index in [1.165, 1.54) is 5.56 Å². The Morgan fingerprint density at radius 1 is 0.976 bits per heavy atom. The van der Waals surface area contributed by atoms with Gasteiger partial charge in [-0.2, -0.15) is 5.26 Å². The molecule has 8 heteroatoms. The lowest BCUT2D eigenvalue weighted by Crippen LogP contribution is -2.58. The van der Waals surface area contributed by atoms with Crippen molar-refractivity contribution in [3.8, 4) is 6.07 Å². The first kappa shape index (κ1) is 29.4. The third kappa shape index (κ3) is 7.61. The van der Waals surface area contributed by atoms with E-state index in [1.807, 2.05) is 30.3 Å². The van der Waals surface area contributed by atoms with Gasteiger partial charge in [0.1, 0.15) is 6.04 Å². The molecule has 3 N–H and O–H groups in total. The average Bonchev–Trinajstić information content (AvgIpc) is 3.04. The third-order valence-corrected chi connectivity index (χ3v) is 8.68. The van der Waals surface area contributed by atoms with Gasteiger partial charge in [0.25, 0.3) is 5.91 Å². The zero-order valence-electron chi connectivity index (χ0n) is 24.1. The minimum absolute atomic E-state index is 0.0841. The predicted octanol–water partition coefficient (Wildman–Crippen LogP) is 4.06. The van der Waals surface area contributed by atoms with Crippen molar-refractivity contribution in [2.45, 2.75) is 75.7 Å². The van der Waals surface area contributed by atoms with Crippen LogP contribution in [0.3, 0.4) is 0 Å². The number of likely N-dealkylation sites (tertiary alicyclic amines) is 1. The number of hydrogen-bond acceptors (Lipinski definition) is 6. The normalized spacial score (nSPS) is 22.4. The highest BCUT2D eigenvalue weighted by atomic mass is 16.2.